The molecule has 1 aromatic heterocycles. The predicted octanol–water partition coefficient (Wildman–Crippen LogP) is 3.12. The van der Waals surface area contributed by atoms with Crippen molar-refractivity contribution in [3.63, 3.8) is 0 Å². The minimum Gasteiger partial charge on any atom is -0.495 e. The summed E-state index contributed by atoms with van der Waals surface area (Å²) in [6.07, 6.45) is 1.81. The number of benzene rings is 1. The van der Waals surface area contributed by atoms with Gasteiger partial charge in [-0.1, -0.05) is 11.3 Å². The molecule has 0 aliphatic rings. The Morgan fingerprint density at radius 3 is 3.00 bits per heavy atom. The number of anilines is 1. The summed E-state index contributed by atoms with van der Waals surface area (Å²) < 4.78 is 5.12. The average Bonchev–Trinajstić information content (AvgIpc) is 2.87. The number of aromatic nitrogens is 1. The van der Waals surface area contributed by atoms with Gasteiger partial charge < -0.3 is 10.1 Å². The molecule has 4 nitrogen and oxygen atoms in total. The molecule has 18 heavy (non-hydrogen) atoms. The van der Waals surface area contributed by atoms with Gasteiger partial charge in [0.1, 0.15) is 11.8 Å². The van der Waals surface area contributed by atoms with E-state index in [4.69, 9.17) is 10.00 Å². The van der Waals surface area contributed by atoms with Crippen LogP contribution in [0, 0.1) is 11.3 Å². The molecule has 0 saturated carbocycles. The number of ether oxygens (including phenoxy) is 1. The van der Waals surface area contributed by atoms with Gasteiger partial charge in [0.15, 0.2) is 5.13 Å². The van der Waals surface area contributed by atoms with E-state index in [-0.39, 0.29) is 0 Å². The Hall–Kier alpha value is -2.06. The number of hydrogen-bond acceptors (Lipinski definition) is 5. The van der Waals surface area contributed by atoms with Gasteiger partial charge in [-0.3, -0.25) is 0 Å². The minimum absolute atomic E-state index is 0.536. The van der Waals surface area contributed by atoms with E-state index in [2.05, 4.69) is 16.4 Å². The molecule has 1 aromatic carbocycles. The molecule has 0 fully saturated rings. The van der Waals surface area contributed by atoms with Gasteiger partial charge in [-0.05, 0) is 30.7 Å². The summed E-state index contributed by atoms with van der Waals surface area (Å²) in [6.45, 7) is 2.88. The monoisotopic (exact) mass is 259 g/mol. The second-order valence-corrected chi connectivity index (χ2v) is 4.62. The van der Waals surface area contributed by atoms with Crippen molar-refractivity contribution < 1.29 is 4.74 Å². The van der Waals surface area contributed by atoms with Crippen molar-refractivity contribution in [2.75, 3.05) is 19.0 Å². The molecule has 0 saturated heterocycles. The Morgan fingerprint density at radius 1 is 1.50 bits per heavy atom. The maximum Gasteiger partial charge on any atom is 0.183 e. The number of hydrogen-bond donors (Lipinski definition) is 1. The molecule has 2 aromatic rings. The van der Waals surface area contributed by atoms with Crippen molar-refractivity contribution in [1.82, 2.24) is 4.98 Å². The molecule has 0 atom stereocenters. The Balaban J connectivity index is 2.35. The summed E-state index contributed by atoms with van der Waals surface area (Å²) in [5, 5.41) is 13.1. The van der Waals surface area contributed by atoms with E-state index in [9.17, 15) is 0 Å². The van der Waals surface area contributed by atoms with Gasteiger partial charge in [-0.2, -0.15) is 5.26 Å². The van der Waals surface area contributed by atoms with Crippen LogP contribution in [0.3, 0.4) is 0 Å². The second kappa shape index (κ2) is 5.52. The summed E-state index contributed by atoms with van der Waals surface area (Å²) >= 11 is 1.57. The van der Waals surface area contributed by atoms with Crippen molar-refractivity contribution in [2.24, 2.45) is 0 Å². The van der Waals surface area contributed by atoms with E-state index in [0.717, 1.165) is 22.1 Å². The van der Waals surface area contributed by atoms with Gasteiger partial charge in [-0.25, -0.2) is 4.98 Å². The summed E-state index contributed by atoms with van der Waals surface area (Å²) in [7, 11) is 1.56. The van der Waals surface area contributed by atoms with E-state index in [0.29, 0.717) is 11.3 Å². The van der Waals surface area contributed by atoms with Crippen LogP contribution in [0.1, 0.15) is 12.5 Å². The lowest BCUT2D eigenvalue weighted by Crippen LogP contribution is -1.94. The highest BCUT2D eigenvalue weighted by Gasteiger charge is 2.08. The van der Waals surface area contributed by atoms with Gasteiger partial charge in [0.05, 0.1) is 17.6 Å². The lowest BCUT2D eigenvalue weighted by Gasteiger charge is -2.03. The first-order valence-corrected chi connectivity index (χ1v) is 6.38. The first-order valence-electron chi connectivity index (χ1n) is 5.56. The fourth-order valence-electron chi connectivity index (χ4n) is 1.59. The Kier molecular flexibility index (Phi) is 3.80. The maximum atomic E-state index is 9.06. The minimum atomic E-state index is 0.536. The molecule has 0 radical (unpaired) electrons. The van der Waals surface area contributed by atoms with Crippen molar-refractivity contribution in [3.05, 3.63) is 30.0 Å². The molecule has 1 N–H and O–H groups in total. The third-order valence-electron chi connectivity index (χ3n) is 2.44. The van der Waals surface area contributed by atoms with Crippen LogP contribution in [0.15, 0.2) is 24.4 Å². The Labute approximate surface area is 110 Å². The third kappa shape index (κ3) is 2.44. The lowest BCUT2D eigenvalue weighted by atomic mass is 10.1. The number of methoxy groups -OCH3 is 1. The molecule has 0 bridgehead atoms. The van der Waals surface area contributed by atoms with Crippen LogP contribution in [0.2, 0.25) is 0 Å². The SMILES string of the molecule is CCNc1ncc(-c2ccc(OC)c(C#N)c2)s1. The Bertz CT molecular complexity index is 586. The van der Waals surface area contributed by atoms with E-state index >= 15 is 0 Å². The van der Waals surface area contributed by atoms with Crippen LogP contribution in [0.25, 0.3) is 10.4 Å². The van der Waals surface area contributed by atoms with E-state index < -0.39 is 0 Å². The van der Waals surface area contributed by atoms with Gasteiger partial charge in [-0.15, -0.1) is 0 Å². The highest BCUT2D eigenvalue weighted by molar-refractivity contribution is 7.18. The number of nitrogens with one attached hydrogen (secondary N) is 1. The van der Waals surface area contributed by atoms with Crippen molar-refractivity contribution >= 4 is 16.5 Å². The standard InChI is InChI=1S/C13H13N3OS/c1-3-15-13-16-8-12(18-13)9-4-5-11(17-2)10(6-9)7-14/h4-6,8H,3H2,1-2H3,(H,15,16). The van der Waals surface area contributed by atoms with Crippen LogP contribution in [-0.2, 0) is 0 Å². The molecule has 0 amide bonds. The molecule has 1 heterocycles. The molecule has 2 rings (SSSR count). The quantitative estimate of drug-likeness (QED) is 0.916. The van der Waals surface area contributed by atoms with Crippen LogP contribution in [-0.4, -0.2) is 18.6 Å². The van der Waals surface area contributed by atoms with Crippen molar-refractivity contribution in [3.8, 4) is 22.3 Å². The van der Waals surface area contributed by atoms with Gasteiger partial charge in [0, 0.05) is 12.7 Å². The molecule has 5 heteroatoms. The highest BCUT2D eigenvalue weighted by Crippen LogP contribution is 2.31. The van der Waals surface area contributed by atoms with Gasteiger partial charge in [0.2, 0.25) is 0 Å². The van der Waals surface area contributed by atoms with Gasteiger partial charge in [0.25, 0.3) is 0 Å². The third-order valence-corrected chi connectivity index (χ3v) is 3.44. The molecule has 0 aliphatic carbocycles. The number of nitriles is 1. The number of nitrogens with zero attached hydrogens (tertiary/aromatic N) is 2. The molecular weight excluding hydrogens is 246 g/mol. The molecule has 92 valence electrons. The predicted molar refractivity (Wildman–Crippen MR) is 73.0 cm³/mol. The van der Waals surface area contributed by atoms with Crippen LogP contribution in [0.4, 0.5) is 5.13 Å². The average molecular weight is 259 g/mol. The summed E-state index contributed by atoms with van der Waals surface area (Å²) in [6, 6.07) is 7.69. The first kappa shape index (κ1) is 12.4. The maximum absolute atomic E-state index is 9.06. The van der Waals surface area contributed by atoms with Crippen molar-refractivity contribution in [1.29, 1.82) is 5.26 Å². The van der Waals surface area contributed by atoms with Crippen molar-refractivity contribution in [2.45, 2.75) is 6.92 Å². The summed E-state index contributed by atoms with van der Waals surface area (Å²) in [5.74, 6) is 0.595. The second-order valence-electron chi connectivity index (χ2n) is 3.59. The smallest absolute Gasteiger partial charge is 0.183 e. The zero-order valence-electron chi connectivity index (χ0n) is 10.2. The molecule has 0 spiro atoms. The summed E-state index contributed by atoms with van der Waals surface area (Å²) in [5.41, 5.74) is 1.52. The normalized spacial score (nSPS) is 9.83. The number of rotatable bonds is 4. The Morgan fingerprint density at radius 2 is 2.33 bits per heavy atom. The fraction of sp³-hybridized carbons (Fsp3) is 0.231. The lowest BCUT2D eigenvalue weighted by molar-refractivity contribution is 0.413. The van der Waals surface area contributed by atoms with Crippen LogP contribution >= 0.6 is 11.3 Å². The van der Waals surface area contributed by atoms with E-state index in [1.165, 1.54) is 0 Å². The zero-order chi connectivity index (χ0) is 13.0. The molecule has 0 aliphatic heterocycles. The first-order chi connectivity index (χ1) is 8.78. The molecule has 0 unspecified atom stereocenters. The summed E-state index contributed by atoms with van der Waals surface area (Å²) in [4.78, 5) is 5.31. The largest absolute Gasteiger partial charge is 0.495 e. The van der Waals surface area contributed by atoms with Crippen LogP contribution < -0.4 is 10.1 Å². The fourth-order valence-corrected chi connectivity index (χ4v) is 2.47. The number of thiazole rings is 1. The molecular formula is C13H13N3OS. The highest BCUT2D eigenvalue weighted by atomic mass is 32.1. The topological polar surface area (TPSA) is 57.9 Å². The van der Waals surface area contributed by atoms with Gasteiger partial charge >= 0.3 is 0 Å². The van der Waals surface area contributed by atoms with E-state index in [1.54, 1.807) is 24.5 Å². The van der Waals surface area contributed by atoms with E-state index in [1.807, 2.05) is 25.3 Å². The van der Waals surface area contributed by atoms with Crippen LogP contribution in [0.5, 0.6) is 5.75 Å². The zero-order valence-corrected chi connectivity index (χ0v) is 11.0.